The summed E-state index contributed by atoms with van der Waals surface area (Å²) in [4.78, 5) is 11.5. The molecule has 0 saturated heterocycles. The first-order valence-corrected chi connectivity index (χ1v) is 5.21. The van der Waals surface area contributed by atoms with E-state index in [4.69, 9.17) is 4.74 Å². The molecule has 0 aromatic carbocycles. The lowest BCUT2D eigenvalue weighted by atomic mass is 10.2. The Balaban J connectivity index is 2.66. The molecule has 0 bridgehead atoms. The molecule has 1 aromatic heterocycles. The third-order valence-electron chi connectivity index (χ3n) is 2.08. The van der Waals surface area contributed by atoms with Crippen molar-refractivity contribution in [3.8, 4) is 0 Å². The molecule has 1 aromatic rings. The smallest absolute Gasteiger partial charge is 0.250 e. The van der Waals surface area contributed by atoms with Gasteiger partial charge in [-0.2, -0.15) is 0 Å². The van der Waals surface area contributed by atoms with Crippen LogP contribution in [0.1, 0.15) is 33.7 Å². The molecule has 0 spiro atoms. The van der Waals surface area contributed by atoms with Gasteiger partial charge in [0.1, 0.15) is 0 Å². The number of rotatable bonds is 3. The Hall–Kier alpha value is -1.09. The van der Waals surface area contributed by atoms with Gasteiger partial charge in [0.15, 0.2) is 0 Å². The van der Waals surface area contributed by atoms with E-state index < -0.39 is 0 Å². The van der Waals surface area contributed by atoms with Crippen LogP contribution in [0.2, 0.25) is 0 Å². The maximum absolute atomic E-state index is 11.5. The lowest BCUT2D eigenvalue weighted by Gasteiger charge is -2.23. The number of pyridine rings is 1. The number of nitrogens with zero attached hydrogens (tertiary/aromatic N) is 1. The second-order valence-corrected chi connectivity index (χ2v) is 4.72. The lowest BCUT2D eigenvalue weighted by molar-refractivity contribution is -0.0175. The van der Waals surface area contributed by atoms with Crippen LogP contribution in [0.3, 0.4) is 0 Å². The van der Waals surface area contributed by atoms with Crippen molar-refractivity contribution in [2.24, 2.45) is 0 Å². The van der Waals surface area contributed by atoms with E-state index >= 15 is 0 Å². The summed E-state index contributed by atoms with van der Waals surface area (Å²) in [5.74, 6) is 0. The zero-order valence-electron chi connectivity index (χ0n) is 9.86. The molecular formula is C12H19NO2. The van der Waals surface area contributed by atoms with E-state index in [9.17, 15) is 4.79 Å². The van der Waals surface area contributed by atoms with Gasteiger partial charge in [0, 0.05) is 12.3 Å². The van der Waals surface area contributed by atoms with Gasteiger partial charge in [-0.1, -0.05) is 6.07 Å². The van der Waals surface area contributed by atoms with Crippen LogP contribution in [-0.2, 0) is 4.74 Å². The lowest BCUT2D eigenvalue weighted by Crippen LogP contribution is -2.28. The Kier molecular flexibility index (Phi) is 3.69. The zero-order chi connectivity index (χ0) is 11.5. The maximum atomic E-state index is 11.5. The van der Waals surface area contributed by atoms with Crippen molar-refractivity contribution in [1.82, 2.24) is 4.57 Å². The molecule has 0 aliphatic heterocycles. The Labute approximate surface area is 90.7 Å². The predicted molar refractivity (Wildman–Crippen MR) is 61.1 cm³/mol. The minimum atomic E-state index is -0.160. The molecule has 3 nitrogen and oxygen atoms in total. The molecule has 1 atom stereocenters. The molecule has 0 amide bonds. The topological polar surface area (TPSA) is 31.2 Å². The molecule has 84 valence electrons. The average Bonchev–Trinajstić information content (AvgIpc) is 2.14. The van der Waals surface area contributed by atoms with Crippen molar-refractivity contribution in [3.05, 3.63) is 34.7 Å². The summed E-state index contributed by atoms with van der Waals surface area (Å²) in [5.41, 5.74) is -0.144. The maximum Gasteiger partial charge on any atom is 0.250 e. The van der Waals surface area contributed by atoms with E-state index in [1.807, 2.05) is 33.8 Å². The first kappa shape index (κ1) is 12.0. The van der Waals surface area contributed by atoms with Gasteiger partial charge in [0.2, 0.25) is 0 Å². The number of aromatic nitrogens is 1. The zero-order valence-corrected chi connectivity index (χ0v) is 9.86. The largest absolute Gasteiger partial charge is 0.374 e. The summed E-state index contributed by atoms with van der Waals surface area (Å²) < 4.78 is 7.33. The molecule has 3 heteroatoms. The van der Waals surface area contributed by atoms with Crippen LogP contribution in [0, 0.1) is 0 Å². The molecule has 0 N–H and O–H groups in total. The van der Waals surface area contributed by atoms with Crippen molar-refractivity contribution in [2.45, 2.75) is 39.3 Å². The van der Waals surface area contributed by atoms with Crippen molar-refractivity contribution in [3.63, 3.8) is 0 Å². The SMILES string of the molecule is C[C@@H](COC(C)(C)C)n1ccccc1=O. The highest BCUT2D eigenvalue weighted by atomic mass is 16.5. The van der Waals surface area contributed by atoms with Gasteiger partial charge in [-0.3, -0.25) is 4.79 Å². The minimum Gasteiger partial charge on any atom is -0.374 e. The van der Waals surface area contributed by atoms with E-state index in [2.05, 4.69) is 0 Å². The predicted octanol–water partition coefficient (Wildman–Crippen LogP) is 2.22. The molecule has 0 radical (unpaired) electrons. The third kappa shape index (κ3) is 3.88. The molecule has 0 unspecified atom stereocenters. The second kappa shape index (κ2) is 4.62. The second-order valence-electron chi connectivity index (χ2n) is 4.72. The summed E-state index contributed by atoms with van der Waals surface area (Å²) in [5, 5.41) is 0. The van der Waals surface area contributed by atoms with Crippen molar-refractivity contribution >= 4 is 0 Å². The molecule has 0 aliphatic carbocycles. The average molecular weight is 209 g/mol. The first-order chi connectivity index (χ1) is 6.90. The van der Waals surface area contributed by atoms with Crippen LogP contribution in [0.5, 0.6) is 0 Å². The van der Waals surface area contributed by atoms with Crippen molar-refractivity contribution in [1.29, 1.82) is 0 Å². The van der Waals surface area contributed by atoms with Crippen molar-refractivity contribution < 1.29 is 4.74 Å². The Morgan fingerprint density at radius 3 is 2.60 bits per heavy atom. The Bertz CT molecular complexity index is 362. The van der Waals surface area contributed by atoms with Crippen molar-refractivity contribution in [2.75, 3.05) is 6.61 Å². The van der Waals surface area contributed by atoms with Gasteiger partial charge in [0.25, 0.3) is 5.56 Å². The van der Waals surface area contributed by atoms with E-state index in [0.29, 0.717) is 6.61 Å². The Morgan fingerprint density at radius 2 is 2.07 bits per heavy atom. The first-order valence-electron chi connectivity index (χ1n) is 5.21. The highest BCUT2D eigenvalue weighted by molar-refractivity contribution is 4.94. The van der Waals surface area contributed by atoms with Gasteiger partial charge < -0.3 is 9.30 Å². The highest BCUT2D eigenvalue weighted by Crippen LogP contribution is 2.11. The van der Waals surface area contributed by atoms with E-state index in [-0.39, 0.29) is 17.2 Å². The summed E-state index contributed by atoms with van der Waals surface area (Å²) in [6.45, 7) is 8.55. The van der Waals surface area contributed by atoms with E-state index in [0.717, 1.165) is 0 Å². The quantitative estimate of drug-likeness (QED) is 0.764. The molecule has 0 aliphatic rings. The van der Waals surface area contributed by atoms with Gasteiger partial charge in [-0.05, 0) is 33.8 Å². The van der Waals surface area contributed by atoms with Crippen LogP contribution in [0.15, 0.2) is 29.2 Å². The summed E-state index contributed by atoms with van der Waals surface area (Å²) in [6, 6.07) is 5.23. The van der Waals surface area contributed by atoms with Gasteiger partial charge >= 0.3 is 0 Å². The van der Waals surface area contributed by atoms with Crippen LogP contribution in [-0.4, -0.2) is 16.8 Å². The summed E-state index contributed by atoms with van der Waals surface area (Å²) in [6.07, 6.45) is 1.79. The Morgan fingerprint density at radius 1 is 1.40 bits per heavy atom. The van der Waals surface area contributed by atoms with Crippen LogP contribution in [0.25, 0.3) is 0 Å². The van der Waals surface area contributed by atoms with Gasteiger partial charge in [-0.15, -0.1) is 0 Å². The molecule has 1 heterocycles. The molecule has 0 fully saturated rings. The minimum absolute atomic E-state index is 0.0162. The number of ether oxygens (including phenoxy) is 1. The molecule has 1 rings (SSSR count). The van der Waals surface area contributed by atoms with Gasteiger partial charge in [0.05, 0.1) is 18.2 Å². The standard InChI is InChI=1S/C12H19NO2/c1-10(9-15-12(2,3)4)13-8-6-5-7-11(13)14/h5-8,10H,9H2,1-4H3/t10-/m0/s1. The van der Waals surface area contributed by atoms with Crippen LogP contribution < -0.4 is 5.56 Å². The summed E-state index contributed by atoms with van der Waals surface area (Å²) in [7, 11) is 0. The normalized spacial score (nSPS) is 13.9. The monoisotopic (exact) mass is 209 g/mol. The molecule has 15 heavy (non-hydrogen) atoms. The molecular weight excluding hydrogens is 190 g/mol. The fraction of sp³-hybridized carbons (Fsp3) is 0.583. The third-order valence-corrected chi connectivity index (χ3v) is 2.08. The number of hydrogen-bond donors (Lipinski definition) is 0. The molecule has 0 saturated carbocycles. The fourth-order valence-corrected chi connectivity index (χ4v) is 1.25. The fourth-order valence-electron chi connectivity index (χ4n) is 1.25. The number of hydrogen-bond acceptors (Lipinski definition) is 2. The van der Waals surface area contributed by atoms with Crippen LogP contribution >= 0.6 is 0 Å². The van der Waals surface area contributed by atoms with E-state index in [1.165, 1.54) is 0 Å². The van der Waals surface area contributed by atoms with Gasteiger partial charge in [-0.25, -0.2) is 0 Å². The van der Waals surface area contributed by atoms with Crippen LogP contribution in [0.4, 0.5) is 0 Å². The van der Waals surface area contributed by atoms with E-state index in [1.54, 1.807) is 22.9 Å². The highest BCUT2D eigenvalue weighted by Gasteiger charge is 2.13. The summed E-state index contributed by atoms with van der Waals surface area (Å²) >= 11 is 0.